The van der Waals surface area contributed by atoms with Crippen molar-refractivity contribution in [3.63, 3.8) is 0 Å². The molecule has 0 aromatic rings. The lowest BCUT2D eigenvalue weighted by atomic mass is 10.2. The standard InChI is InChI=1S/C5H11N.C3H6N2O/c1-2-4-6-5-3-1;6-3-1-2-4-5-3/h6H,1-5H2;4H,1-2H2,(H,5,6). The largest absolute Gasteiger partial charge is 0.317 e. The van der Waals surface area contributed by atoms with Gasteiger partial charge < -0.3 is 5.32 Å². The molecule has 3 N–H and O–H groups in total. The second-order valence-electron chi connectivity index (χ2n) is 3.04. The number of amides is 1. The van der Waals surface area contributed by atoms with Gasteiger partial charge in [0.2, 0.25) is 5.91 Å². The molecule has 2 aliphatic rings. The van der Waals surface area contributed by atoms with Gasteiger partial charge in [0, 0.05) is 13.0 Å². The van der Waals surface area contributed by atoms with E-state index in [1.807, 2.05) is 0 Å². The van der Waals surface area contributed by atoms with Crippen LogP contribution < -0.4 is 16.2 Å². The molecule has 1 amide bonds. The molecule has 0 saturated carbocycles. The summed E-state index contributed by atoms with van der Waals surface area (Å²) in [5.74, 6) is 0.0926. The SMILES string of the molecule is C1CCNCC1.O=C1CCNN1. The topological polar surface area (TPSA) is 53.2 Å². The highest BCUT2D eigenvalue weighted by atomic mass is 16.2. The lowest BCUT2D eigenvalue weighted by Gasteiger charge is -2.08. The van der Waals surface area contributed by atoms with E-state index in [9.17, 15) is 4.79 Å². The summed E-state index contributed by atoms with van der Waals surface area (Å²) in [6.45, 7) is 3.28. The van der Waals surface area contributed by atoms with Gasteiger partial charge in [0.05, 0.1) is 0 Å². The van der Waals surface area contributed by atoms with Crippen LogP contribution in [0.5, 0.6) is 0 Å². The minimum absolute atomic E-state index is 0.0926. The molecule has 0 radical (unpaired) electrons. The predicted octanol–water partition coefficient (Wildman–Crippen LogP) is -0.229. The van der Waals surface area contributed by atoms with E-state index in [0.717, 1.165) is 6.54 Å². The first kappa shape index (κ1) is 9.48. The Bertz CT molecular complexity index is 115. The van der Waals surface area contributed by atoms with Crippen LogP contribution in [0.25, 0.3) is 0 Å². The normalized spacial score (nSPS) is 22.5. The van der Waals surface area contributed by atoms with Gasteiger partial charge in [-0.15, -0.1) is 0 Å². The third-order valence-electron chi connectivity index (χ3n) is 1.91. The van der Waals surface area contributed by atoms with Crippen LogP contribution in [0.3, 0.4) is 0 Å². The van der Waals surface area contributed by atoms with Crippen molar-refractivity contribution in [2.24, 2.45) is 0 Å². The molecule has 0 bridgehead atoms. The summed E-state index contributed by atoms with van der Waals surface area (Å²) < 4.78 is 0. The summed E-state index contributed by atoms with van der Waals surface area (Å²) >= 11 is 0. The summed E-state index contributed by atoms with van der Waals surface area (Å²) in [7, 11) is 0. The Kier molecular flexibility index (Phi) is 4.71. The maximum Gasteiger partial charge on any atom is 0.235 e. The second-order valence-corrected chi connectivity index (χ2v) is 3.04. The summed E-state index contributed by atoms with van der Waals surface area (Å²) in [4.78, 5) is 10.1. The lowest BCUT2D eigenvalue weighted by Crippen LogP contribution is -2.25. The van der Waals surface area contributed by atoms with E-state index in [1.54, 1.807) is 0 Å². The lowest BCUT2D eigenvalue weighted by molar-refractivity contribution is -0.119. The Hall–Kier alpha value is -0.610. The fraction of sp³-hybridized carbons (Fsp3) is 0.875. The molecule has 12 heavy (non-hydrogen) atoms. The van der Waals surface area contributed by atoms with Crippen LogP contribution in [0.1, 0.15) is 25.7 Å². The molecule has 0 unspecified atom stereocenters. The number of carbonyl (C=O) groups excluding carboxylic acids is 1. The number of hydrazine groups is 1. The minimum Gasteiger partial charge on any atom is -0.317 e. The van der Waals surface area contributed by atoms with Gasteiger partial charge in [-0.2, -0.15) is 0 Å². The zero-order chi connectivity index (χ0) is 8.65. The number of hydrogen-bond acceptors (Lipinski definition) is 3. The van der Waals surface area contributed by atoms with Gasteiger partial charge in [-0.1, -0.05) is 6.42 Å². The molecule has 2 heterocycles. The molecule has 2 rings (SSSR count). The first-order chi connectivity index (χ1) is 5.89. The van der Waals surface area contributed by atoms with Crippen molar-refractivity contribution in [3.05, 3.63) is 0 Å². The molecule has 2 saturated heterocycles. The van der Waals surface area contributed by atoms with E-state index >= 15 is 0 Å². The molecule has 0 spiro atoms. The maximum absolute atomic E-state index is 10.1. The van der Waals surface area contributed by atoms with Crippen LogP contribution in [0, 0.1) is 0 Å². The molecular formula is C8H17N3O. The highest BCUT2D eigenvalue weighted by Crippen LogP contribution is 1.96. The van der Waals surface area contributed by atoms with E-state index in [0.29, 0.717) is 6.42 Å². The summed E-state index contributed by atoms with van der Waals surface area (Å²) in [5, 5.41) is 3.28. The molecule has 4 heteroatoms. The van der Waals surface area contributed by atoms with Gasteiger partial charge >= 0.3 is 0 Å². The number of piperidine rings is 1. The van der Waals surface area contributed by atoms with E-state index < -0.39 is 0 Å². The van der Waals surface area contributed by atoms with Crippen molar-refractivity contribution >= 4 is 5.91 Å². The van der Waals surface area contributed by atoms with Gasteiger partial charge in [-0.25, -0.2) is 5.43 Å². The van der Waals surface area contributed by atoms with Crippen LogP contribution in [0.15, 0.2) is 0 Å². The third kappa shape index (κ3) is 4.31. The fourth-order valence-electron chi connectivity index (χ4n) is 1.20. The van der Waals surface area contributed by atoms with Gasteiger partial charge in [-0.3, -0.25) is 10.2 Å². The van der Waals surface area contributed by atoms with Crippen LogP contribution in [0.4, 0.5) is 0 Å². The summed E-state index contributed by atoms with van der Waals surface area (Å²) in [6, 6.07) is 0. The minimum atomic E-state index is 0.0926. The molecular weight excluding hydrogens is 154 g/mol. The smallest absolute Gasteiger partial charge is 0.235 e. The Balaban J connectivity index is 0.000000120. The molecule has 2 aliphatic heterocycles. The Morgan fingerprint density at radius 2 is 1.75 bits per heavy atom. The van der Waals surface area contributed by atoms with Crippen molar-refractivity contribution in [1.82, 2.24) is 16.2 Å². The monoisotopic (exact) mass is 171 g/mol. The number of nitrogens with one attached hydrogen (secondary N) is 3. The Morgan fingerprint density at radius 3 is 1.92 bits per heavy atom. The van der Waals surface area contributed by atoms with Crippen molar-refractivity contribution < 1.29 is 4.79 Å². The highest BCUT2D eigenvalue weighted by molar-refractivity contribution is 5.77. The van der Waals surface area contributed by atoms with Crippen LogP contribution >= 0.6 is 0 Å². The average Bonchev–Trinajstić information content (AvgIpc) is 2.60. The number of hydrogen-bond donors (Lipinski definition) is 3. The second kappa shape index (κ2) is 5.97. The molecule has 0 aliphatic carbocycles. The third-order valence-corrected chi connectivity index (χ3v) is 1.91. The van der Waals surface area contributed by atoms with Gasteiger partial charge in [0.1, 0.15) is 0 Å². The fourth-order valence-corrected chi connectivity index (χ4v) is 1.20. The molecule has 4 nitrogen and oxygen atoms in total. The van der Waals surface area contributed by atoms with Crippen molar-refractivity contribution in [3.8, 4) is 0 Å². The maximum atomic E-state index is 10.1. The predicted molar refractivity (Wildman–Crippen MR) is 47.5 cm³/mol. The zero-order valence-electron chi connectivity index (χ0n) is 7.36. The van der Waals surface area contributed by atoms with Gasteiger partial charge in [0.25, 0.3) is 0 Å². The Labute approximate surface area is 73.1 Å². The molecule has 2 fully saturated rings. The zero-order valence-corrected chi connectivity index (χ0v) is 7.36. The number of carbonyl (C=O) groups is 1. The van der Waals surface area contributed by atoms with Crippen LogP contribution in [-0.4, -0.2) is 25.5 Å². The van der Waals surface area contributed by atoms with Crippen LogP contribution in [-0.2, 0) is 4.79 Å². The molecule has 0 aromatic carbocycles. The number of rotatable bonds is 0. The molecule has 70 valence electrons. The van der Waals surface area contributed by atoms with Gasteiger partial charge in [-0.05, 0) is 25.9 Å². The summed E-state index contributed by atoms with van der Waals surface area (Å²) in [6.07, 6.45) is 4.84. The summed E-state index contributed by atoms with van der Waals surface area (Å²) in [5.41, 5.74) is 5.10. The average molecular weight is 171 g/mol. The molecule has 0 aromatic heterocycles. The quantitative estimate of drug-likeness (QED) is 0.472. The van der Waals surface area contributed by atoms with Gasteiger partial charge in [0.15, 0.2) is 0 Å². The first-order valence-corrected chi connectivity index (χ1v) is 4.62. The van der Waals surface area contributed by atoms with E-state index in [4.69, 9.17) is 0 Å². The Morgan fingerprint density at radius 1 is 1.00 bits per heavy atom. The first-order valence-electron chi connectivity index (χ1n) is 4.62. The van der Waals surface area contributed by atoms with E-state index in [2.05, 4.69) is 16.2 Å². The van der Waals surface area contributed by atoms with Crippen LogP contribution in [0.2, 0.25) is 0 Å². The molecule has 0 atom stereocenters. The van der Waals surface area contributed by atoms with Crippen molar-refractivity contribution in [1.29, 1.82) is 0 Å². The van der Waals surface area contributed by atoms with Crippen molar-refractivity contribution in [2.75, 3.05) is 19.6 Å². The van der Waals surface area contributed by atoms with E-state index in [-0.39, 0.29) is 5.91 Å². The highest BCUT2D eigenvalue weighted by Gasteiger charge is 2.04. The van der Waals surface area contributed by atoms with Crippen molar-refractivity contribution in [2.45, 2.75) is 25.7 Å². The van der Waals surface area contributed by atoms with E-state index in [1.165, 1.54) is 32.4 Å².